The zero-order chi connectivity index (χ0) is 31.3. The first-order chi connectivity index (χ1) is 20.4. The first-order valence-corrected chi connectivity index (χ1v) is 12.9. The van der Waals surface area contributed by atoms with E-state index in [1.807, 2.05) is 0 Å². The summed E-state index contributed by atoms with van der Waals surface area (Å²) in [5.41, 5.74) is 3.94. The lowest BCUT2D eigenvalue weighted by atomic mass is 9.99. The fourth-order valence-electron chi connectivity index (χ4n) is 4.29. The molecule has 0 saturated heterocycles. The largest absolute Gasteiger partial charge is 0.429 e. The van der Waals surface area contributed by atoms with Crippen molar-refractivity contribution in [3.05, 3.63) is 119 Å². The van der Waals surface area contributed by atoms with Crippen molar-refractivity contribution in [1.29, 1.82) is 5.41 Å². The van der Waals surface area contributed by atoms with Gasteiger partial charge in [-0.25, -0.2) is 26.3 Å². The fourth-order valence-corrected chi connectivity index (χ4v) is 4.29. The molecule has 11 heteroatoms. The third-order valence-electron chi connectivity index (χ3n) is 6.62. The minimum atomic E-state index is -4.17. The maximum Gasteiger partial charge on any atom is 0.429 e. The summed E-state index contributed by atoms with van der Waals surface area (Å²) in [5, 5.41) is 7.25. The van der Waals surface area contributed by atoms with E-state index < -0.39 is 52.3 Å². The van der Waals surface area contributed by atoms with E-state index in [0.29, 0.717) is 43.1 Å². The molecule has 4 aromatic carbocycles. The Labute approximate surface area is 241 Å². The smallest absolute Gasteiger partial charge is 0.429 e. The Morgan fingerprint density at radius 1 is 0.744 bits per heavy atom. The zero-order valence-electron chi connectivity index (χ0n) is 22.3. The van der Waals surface area contributed by atoms with Crippen LogP contribution in [0, 0.1) is 46.2 Å². The number of halogens is 8. The van der Waals surface area contributed by atoms with Crippen LogP contribution in [0.2, 0.25) is 0 Å². The molecule has 0 saturated carbocycles. The third kappa shape index (κ3) is 7.29. The molecule has 43 heavy (non-hydrogen) atoms. The van der Waals surface area contributed by atoms with Crippen molar-refractivity contribution in [2.24, 2.45) is 11.7 Å². The molecule has 0 aromatic heterocycles. The first kappa shape index (κ1) is 31.4. The average Bonchev–Trinajstić information content (AvgIpc) is 2.95. The number of alkyl halides is 2. The van der Waals surface area contributed by atoms with Crippen molar-refractivity contribution in [2.45, 2.75) is 19.0 Å². The molecule has 4 rings (SSSR count). The second-order valence-corrected chi connectivity index (χ2v) is 9.59. The summed E-state index contributed by atoms with van der Waals surface area (Å²) in [4.78, 5) is 0. The Balaban J connectivity index is 1.49. The van der Waals surface area contributed by atoms with E-state index in [9.17, 15) is 35.1 Å². The molecule has 0 spiro atoms. The average molecular weight is 605 g/mol. The van der Waals surface area contributed by atoms with Gasteiger partial charge in [-0.3, -0.25) is 0 Å². The van der Waals surface area contributed by atoms with Gasteiger partial charge in [0.15, 0.2) is 17.5 Å². The Hall–Kier alpha value is -4.51. The van der Waals surface area contributed by atoms with Crippen LogP contribution in [0.1, 0.15) is 24.0 Å². The number of nitrogens with two attached hydrogens (primary N) is 1. The predicted molar refractivity (Wildman–Crippen MR) is 148 cm³/mol. The first-order valence-electron chi connectivity index (χ1n) is 12.9. The van der Waals surface area contributed by atoms with Crippen LogP contribution >= 0.6 is 0 Å². The predicted octanol–water partition coefficient (Wildman–Crippen LogP) is 9.00. The van der Waals surface area contributed by atoms with Crippen molar-refractivity contribution in [3.8, 4) is 28.0 Å². The summed E-state index contributed by atoms with van der Waals surface area (Å²) < 4.78 is 119. The summed E-state index contributed by atoms with van der Waals surface area (Å²) in [6.45, 7) is 0.319. The highest BCUT2D eigenvalue weighted by atomic mass is 19.3. The van der Waals surface area contributed by atoms with Gasteiger partial charge >= 0.3 is 6.11 Å². The molecule has 0 bridgehead atoms. The van der Waals surface area contributed by atoms with Crippen molar-refractivity contribution >= 4 is 12.3 Å². The SMILES string of the molecule is N=CC(CN)CC/C=C/c1ccc(C(F)(F)Oc2ccc(-c3ccc(-c4cc(F)c(F)c(F)c4)c(F)c3)c(F)c2)c(F)c1. The van der Waals surface area contributed by atoms with Crippen molar-refractivity contribution in [2.75, 3.05) is 6.54 Å². The molecule has 1 atom stereocenters. The van der Waals surface area contributed by atoms with E-state index in [2.05, 4.69) is 4.74 Å². The molecule has 0 heterocycles. The van der Waals surface area contributed by atoms with Crippen molar-refractivity contribution in [3.63, 3.8) is 0 Å². The normalized spacial score (nSPS) is 12.5. The van der Waals surface area contributed by atoms with Crippen molar-refractivity contribution in [1.82, 2.24) is 0 Å². The molecule has 0 radical (unpaired) electrons. The molecule has 3 nitrogen and oxygen atoms in total. The summed E-state index contributed by atoms with van der Waals surface area (Å²) in [6, 6.07) is 10.1. The van der Waals surface area contributed by atoms with Gasteiger partial charge in [-0.05, 0) is 78.2 Å². The van der Waals surface area contributed by atoms with E-state index in [1.165, 1.54) is 18.3 Å². The van der Waals surface area contributed by atoms with Gasteiger partial charge in [-0.1, -0.05) is 30.4 Å². The van der Waals surface area contributed by atoms with Gasteiger partial charge in [-0.2, -0.15) is 8.78 Å². The topological polar surface area (TPSA) is 59.1 Å². The van der Waals surface area contributed by atoms with Crippen LogP contribution in [-0.2, 0) is 6.11 Å². The third-order valence-corrected chi connectivity index (χ3v) is 6.62. The Morgan fingerprint density at radius 3 is 1.98 bits per heavy atom. The lowest BCUT2D eigenvalue weighted by Crippen LogP contribution is -2.23. The maximum absolute atomic E-state index is 14.9. The van der Waals surface area contributed by atoms with Crippen LogP contribution in [0.4, 0.5) is 35.1 Å². The van der Waals surface area contributed by atoms with Gasteiger partial charge in [0.1, 0.15) is 23.2 Å². The molecule has 0 fully saturated rings. The molecule has 0 aliphatic heterocycles. The lowest BCUT2D eigenvalue weighted by Gasteiger charge is -2.19. The lowest BCUT2D eigenvalue weighted by molar-refractivity contribution is -0.187. The molecule has 4 aromatic rings. The van der Waals surface area contributed by atoms with E-state index in [1.54, 1.807) is 12.2 Å². The Bertz CT molecular complexity index is 1650. The Morgan fingerprint density at radius 2 is 1.37 bits per heavy atom. The molecule has 3 N–H and O–H groups in total. The molecule has 0 aliphatic carbocycles. The highest BCUT2D eigenvalue weighted by Crippen LogP contribution is 2.36. The van der Waals surface area contributed by atoms with Crippen LogP contribution in [-0.4, -0.2) is 12.8 Å². The van der Waals surface area contributed by atoms with E-state index in [4.69, 9.17) is 11.1 Å². The van der Waals surface area contributed by atoms with Gasteiger partial charge in [0.2, 0.25) is 0 Å². The summed E-state index contributed by atoms with van der Waals surface area (Å²) in [6.07, 6.45) is 1.48. The monoisotopic (exact) mass is 604 g/mol. The number of hydrogen-bond acceptors (Lipinski definition) is 3. The second kappa shape index (κ2) is 13.2. The van der Waals surface area contributed by atoms with E-state index in [0.717, 1.165) is 36.4 Å². The number of ether oxygens (including phenoxy) is 1. The van der Waals surface area contributed by atoms with Gasteiger partial charge in [0.05, 0.1) is 5.56 Å². The van der Waals surface area contributed by atoms with Crippen LogP contribution in [0.3, 0.4) is 0 Å². The van der Waals surface area contributed by atoms with Crippen LogP contribution < -0.4 is 10.5 Å². The summed E-state index contributed by atoms with van der Waals surface area (Å²) in [7, 11) is 0. The minimum Gasteiger partial charge on any atom is -0.429 e. The molecular weight excluding hydrogens is 580 g/mol. The number of allylic oxidation sites excluding steroid dienone is 1. The van der Waals surface area contributed by atoms with E-state index >= 15 is 0 Å². The minimum absolute atomic E-state index is 0.0359. The van der Waals surface area contributed by atoms with Gasteiger partial charge in [0.25, 0.3) is 0 Å². The van der Waals surface area contributed by atoms with Crippen molar-refractivity contribution < 1.29 is 39.9 Å². The number of benzene rings is 4. The number of nitrogens with one attached hydrogen (secondary N) is 1. The number of hydrogen-bond donors (Lipinski definition) is 2. The van der Waals surface area contributed by atoms with Gasteiger partial charge in [-0.15, -0.1) is 0 Å². The molecule has 224 valence electrons. The quantitative estimate of drug-likeness (QED) is 0.102. The highest BCUT2D eigenvalue weighted by Gasteiger charge is 2.38. The Kier molecular flexibility index (Phi) is 9.65. The molecule has 0 amide bonds. The molecule has 0 aliphatic rings. The molecular formula is C32H24F8N2O. The van der Waals surface area contributed by atoms with Gasteiger partial charge < -0.3 is 15.9 Å². The summed E-state index contributed by atoms with van der Waals surface area (Å²) in [5.74, 6) is -8.79. The van der Waals surface area contributed by atoms with Crippen LogP contribution in [0.25, 0.3) is 28.3 Å². The summed E-state index contributed by atoms with van der Waals surface area (Å²) >= 11 is 0. The highest BCUT2D eigenvalue weighted by molar-refractivity contribution is 5.72. The van der Waals surface area contributed by atoms with E-state index in [-0.39, 0.29) is 28.2 Å². The second-order valence-electron chi connectivity index (χ2n) is 9.59. The van der Waals surface area contributed by atoms with Crippen LogP contribution in [0.5, 0.6) is 5.75 Å². The standard InChI is InChI=1S/C32H24F8N2O/c33-26-12-20(6-8-24(26)21-13-29(36)31(38)30(37)14-21)23-9-7-22(15-27(23)34)43-32(39,40)25-10-5-18(11-28(25)35)3-1-2-4-19(16-41)17-42/h1,3,5-16,19,41H,2,4,17,42H2/b3-1+,41-16?. The van der Waals surface area contributed by atoms with Crippen LogP contribution in [0.15, 0.2) is 72.8 Å². The van der Waals surface area contributed by atoms with Gasteiger partial charge in [0, 0.05) is 29.7 Å². The number of rotatable bonds is 11. The molecule has 1 unspecified atom stereocenters. The maximum atomic E-state index is 14.9. The fraction of sp³-hybridized carbons (Fsp3) is 0.156. The zero-order valence-corrected chi connectivity index (χ0v) is 22.3.